The zero-order valence-electron chi connectivity index (χ0n) is 12.3. The highest BCUT2D eigenvalue weighted by Gasteiger charge is 2.25. The monoisotopic (exact) mass is 328 g/mol. The molecule has 7 N–H and O–H groups in total. The summed E-state index contributed by atoms with van der Waals surface area (Å²) in [6.45, 7) is 3.45. The fraction of sp³-hybridized carbons (Fsp3) is 0.308. The smallest absolute Gasteiger partial charge is 0.328 e. The van der Waals surface area contributed by atoms with Crippen LogP contribution in [0.4, 0.5) is 0 Å². The van der Waals surface area contributed by atoms with Gasteiger partial charge in [-0.3, -0.25) is 0 Å². The second kappa shape index (κ2) is 6.77. The SMILES string of the molecule is CC(C)C(C(=O)O)N(N)/C=C(\N)c1ccc(S(N)(=O)=O)cc1. The van der Waals surface area contributed by atoms with Gasteiger partial charge in [-0.15, -0.1) is 0 Å². The van der Waals surface area contributed by atoms with Crippen LogP contribution in [0.1, 0.15) is 19.4 Å². The lowest BCUT2D eigenvalue weighted by atomic mass is 10.0. The molecule has 0 saturated carbocycles. The van der Waals surface area contributed by atoms with Crippen LogP contribution < -0.4 is 16.7 Å². The molecule has 0 aliphatic heterocycles. The number of sulfonamides is 1. The Kier molecular flexibility index (Phi) is 5.53. The Morgan fingerprint density at radius 2 is 1.77 bits per heavy atom. The van der Waals surface area contributed by atoms with Gasteiger partial charge in [-0.25, -0.2) is 24.2 Å². The van der Waals surface area contributed by atoms with Crippen LogP contribution in [0.3, 0.4) is 0 Å². The predicted octanol–water partition coefficient (Wildman–Crippen LogP) is -0.124. The van der Waals surface area contributed by atoms with Crippen molar-refractivity contribution in [3.05, 3.63) is 36.0 Å². The van der Waals surface area contributed by atoms with Crippen LogP contribution in [-0.2, 0) is 14.8 Å². The molecule has 0 heterocycles. The number of aliphatic carboxylic acids is 1. The van der Waals surface area contributed by atoms with Crippen molar-refractivity contribution in [2.24, 2.45) is 22.6 Å². The third-order valence-electron chi connectivity index (χ3n) is 3.01. The first kappa shape index (κ1) is 18.0. The van der Waals surface area contributed by atoms with E-state index in [4.69, 9.17) is 21.8 Å². The van der Waals surface area contributed by atoms with E-state index in [1.54, 1.807) is 13.8 Å². The van der Waals surface area contributed by atoms with E-state index >= 15 is 0 Å². The van der Waals surface area contributed by atoms with Crippen molar-refractivity contribution in [2.45, 2.75) is 24.8 Å². The maximum absolute atomic E-state index is 11.2. The Balaban J connectivity index is 3.04. The van der Waals surface area contributed by atoms with E-state index in [-0.39, 0.29) is 16.5 Å². The fourth-order valence-corrected chi connectivity index (χ4v) is 2.42. The van der Waals surface area contributed by atoms with E-state index in [0.717, 1.165) is 5.01 Å². The van der Waals surface area contributed by atoms with Gasteiger partial charge < -0.3 is 15.8 Å². The van der Waals surface area contributed by atoms with Crippen LogP contribution in [0.5, 0.6) is 0 Å². The zero-order valence-corrected chi connectivity index (χ0v) is 13.1. The standard InChI is InChI=1S/C13H20N4O4S/c1-8(2)12(13(18)19)17(15)7-11(14)9-3-5-10(6-4-9)22(16,20)21/h3-8,12H,14-15H2,1-2H3,(H,18,19)(H2,16,20,21)/b11-7-. The van der Waals surface area contributed by atoms with Crippen molar-refractivity contribution in [1.29, 1.82) is 0 Å². The summed E-state index contributed by atoms with van der Waals surface area (Å²) in [4.78, 5) is 11.1. The number of benzene rings is 1. The lowest BCUT2D eigenvalue weighted by Crippen LogP contribution is -2.46. The number of carboxylic acid groups (broad SMARTS) is 1. The summed E-state index contributed by atoms with van der Waals surface area (Å²) in [6.07, 6.45) is 1.30. The summed E-state index contributed by atoms with van der Waals surface area (Å²) in [7, 11) is -3.78. The molecule has 8 nitrogen and oxygen atoms in total. The van der Waals surface area contributed by atoms with Crippen LogP contribution in [0.2, 0.25) is 0 Å². The highest BCUT2D eigenvalue weighted by atomic mass is 32.2. The lowest BCUT2D eigenvalue weighted by molar-refractivity contribution is -0.143. The number of nitrogens with zero attached hydrogens (tertiary/aromatic N) is 1. The molecular formula is C13H20N4O4S. The van der Waals surface area contributed by atoms with Crippen LogP contribution >= 0.6 is 0 Å². The van der Waals surface area contributed by atoms with Gasteiger partial charge in [0.25, 0.3) is 0 Å². The number of hydrazine groups is 1. The summed E-state index contributed by atoms with van der Waals surface area (Å²) in [5, 5.41) is 15.2. The molecule has 0 radical (unpaired) electrons. The Morgan fingerprint density at radius 3 is 2.14 bits per heavy atom. The summed E-state index contributed by atoms with van der Waals surface area (Å²) >= 11 is 0. The van der Waals surface area contributed by atoms with Gasteiger partial charge in [0.2, 0.25) is 10.0 Å². The molecule has 0 spiro atoms. The van der Waals surface area contributed by atoms with E-state index in [1.165, 1.54) is 30.5 Å². The molecule has 0 bridgehead atoms. The van der Waals surface area contributed by atoms with Crippen LogP contribution in [0.15, 0.2) is 35.4 Å². The number of hydrogen-bond donors (Lipinski definition) is 4. The summed E-state index contributed by atoms with van der Waals surface area (Å²) < 4.78 is 22.3. The molecule has 0 amide bonds. The van der Waals surface area contributed by atoms with Gasteiger partial charge >= 0.3 is 5.97 Å². The summed E-state index contributed by atoms with van der Waals surface area (Å²) in [5.74, 6) is 4.45. The first-order valence-electron chi connectivity index (χ1n) is 6.40. The Hall–Kier alpha value is -2.10. The molecule has 0 saturated heterocycles. The minimum atomic E-state index is -3.78. The number of rotatable bonds is 6. The van der Waals surface area contributed by atoms with Crippen LogP contribution in [0, 0.1) is 5.92 Å². The van der Waals surface area contributed by atoms with Gasteiger partial charge in [0.15, 0.2) is 0 Å². The molecule has 22 heavy (non-hydrogen) atoms. The topological polar surface area (TPSA) is 153 Å². The van der Waals surface area contributed by atoms with Gasteiger partial charge in [-0.2, -0.15) is 0 Å². The van der Waals surface area contributed by atoms with E-state index in [1.807, 2.05) is 0 Å². The number of nitrogens with two attached hydrogens (primary N) is 3. The molecule has 0 aliphatic carbocycles. The molecule has 0 aromatic heterocycles. The lowest BCUT2D eigenvalue weighted by Gasteiger charge is -2.26. The molecule has 0 fully saturated rings. The summed E-state index contributed by atoms with van der Waals surface area (Å²) in [6, 6.07) is 4.61. The van der Waals surface area contributed by atoms with Crippen molar-refractivity contribution in [3.8, 4) is 0 Å². The van der Waals surface area contributed by atoms with Gasteiger partial charge in [0, 0.05) is 6.20 Å². The molecule has 9 heteroatoms. The van der Waals surface area contributed by atoms with Gasteiger partial charge in [0.05, 0.1) is 10.6 Å². The molecule has 122 valence electrons. The largest absolute Gasteiger partial charge is 0.480 e. The summed E-state index contributed by atoms with van der Waals surface area (Å²) in [5.41, 5.74) is 6.56. The van der Waals surface area contributed by atoms with Crippen molar-refractivity contribution in [2.75, 3.05) is 0 Å². The van der Waals surface area contributed by atoms with Crippen molar-refractivity contribution in [3.63, 3.8) is 0 Å². The van der Waals surface area contributed by atoms with Crippen LogP contribution in [-0.4, -0.2) is 30.5 Å². The Morgan fingerprint density at radius 1 is 1.27 bits per heavy atom. The Bertz CT molecular complexity index is 668. The molecule has 1 rings (SSSR count). The van der Waals surface area contributed by atoms with Crippen molar-refractivity contribution in [1.82, 2.24) is 5.01 Å². The highest BCUT2D eigenvalue weighted by Crippen LogP contribution is 2.15. The predicted molar refractivity (Wildman–Crippen MR) is 82.3 cm³/mol. The zero-order chi connectivity index (χ0) is 17.1. The van der Waals surface area contributed by atoms with Gasteiger partial charge in [-0.1, -0.05) is 26.0 Å². The molecular weight excluding hydrogens is 308 g/mol. The highest BCUT2D eigenvalue weighted by molar-refractivity contribution is 7.89. The first-order chi connectivity index (χ1) is 10.0. The third-order valence-corrected chi connectivity index (χ3v) is 3.94. The normalized spacial score (nSPS) is 14.0. The van der Waals surface area contributed by atoms with Gasteiger partial charge in [0.1, 0.15) is 6.04 Å². The fourth-order valence-electron chi connectivity index (χ4n) is 1.91. The maximum atomic E-state index is 11.2. The van der Waals surface area contributed by atoms with E-state index < -0.39 is 22.0 Å². The van der Waals surface area contributed by atoms with Crippen molar-refractivity contribution >= 4 is 21.7 Å². The quantitative estimate of drug-likeness (QED) is 0.419. The molecule has 0 aliphatic rings. The molecule has 1 unspecified atom stereocenters. The van der Waals surface area contributed by atoms with Crippen molar-refractivity contribution < 1.29 is 18.3 Å². The van der Waals surface area contributed by atoms with E-state index in [0.29, 0.717) is 5.56 Å². The molecule has 1 aromatic rings. The molecule has 1 atom stereocenters. The first-order valence-corrected chi connectivity index (χ1v) is 7.95. The average molecular weight is 328 g/mol. The third kappa shape index (κ3) is 4.45. The number of carbonyl (C=O) groups is 1. The second-order valence-corrected chi connectivity index (χ2v) is 6.69. The number of carboxylic acids is 1. The minimum absolute atomic E-state index is 0.0424. The Labute approximate surface area is 129 Å². The van der Waals surface area contributed by atoms with E-state index in [2.05, 4.69) is 0 Å². The van der Waals surface area contributed by atoms with Gasteiger partial charge in [-0.05, 0) is 23.6 Å². The minimum Gasteiger partial charge on any atom is -0.480 e. The number of hydrogen-bond acceptors (Lipinski definition) is 6. The second-order valence-electron chi connectivity index (χ2n) is 5.13. The average Bonchev–Trinajstić information content (AvgIpc) is 2.36. The maximum Gasteiger partial charge on any atom is 0.328 e. The van der Waals surface area contributed by atoms with Crippen LogP contribution in [0.25, 0.3) is 5.70 Å². The molecule has 1 aromatic carbocycles. The van der Waals surface area contributed by atoms with E-state index in [9.17, 15) is 13.2 Å². The number of primary sulfonamides is 1.